The predicted octanol–water partition coefficient (Wildman–Crippen LogP) is 2.49. The predicted molar refractivity (Wildman–Crippen MR) is 105 cm³/mol. The van der Waals surface area contributed by atoms with Gasteiger partial charge in [-0.3, -0.25) is 9.59 Å². The first-order chi connectivity index (χ1) is 13.7. The molecule has 0 spiro atoms. The molecule has 1 saturated carbocycles. The summed E-state index contributed by atoms with van der Waals surface area (Å²) in [5.74, 6) is 2.23. The minimum atomic E-state index is 0.0498. The third kappa shape index (κ3) is 3.35. The molecule has 1 aromatic heterocycles. The van der Waals surface area contributed by atoms with E-state index in [1.165, 1.54) is 0 Å². The van der Waals surface area contributed by atoms with E-state index in [4.69, 9.17) is 9.47 Å². The van der Waals surface area contributed by atoms with Crippen LogP contribution < -0.4 is 9.47 Å². The molecule has 2 atom stereocenters. The van der Waals surface area contributed by atoms with Gasteiger partial charge in [0.25, 0.3) is 0 Å². The van der Waals surface area contributed by atoms with Crippen LogP contribution in [0.4, 0.5) is 0 Å². The lowest BCUT2D eigenvalue weighted by atomic mass is 10.1. The van der Waals surface area contributed by atoms with Crippen molar-refractivity contribution in [1.29, 1.82) is 0 Å². The van der Waals surface area contributed by atoms with Crippen molar-refractivity contribution in [2.24, 2.45) is 5.92 Å². The number of nitrogens with zero attached hydrogens (tertiary/aromatic N) is 2. The Morgan fingerprint density at radius 1 is 1.04 bits per heavy atom. The molecule has 2 aliphatic heterocycles. The third-order valence-corrected chi connectivity index (χ3v) is 6.66. The van der Waals surface area contributed by atoms with E-state index in [0.29, 0.717) is 32.6 Å². The van der Waals surface area contributed by atoms with E-state index in [-0.39, 0.29) is 30.4 Å². The van der Waals surface area contributed by atoms with Crippen LogP contribution >= 0.6 is 11.3 Å². The number of amides is 2. The molecule has 0 unspecified atom stereocenters. The number of fused-ring (bicyclic) bond motifs is 1. The van der Waals surface area contributed by atoms with Gasteiger partial charge in [0.1, 0.15) is 0 Å². The molecule has 1 saturated heterocycles. The van der Waals surface area contributed by atoms with Gasteiger partial charge in [-0.2, -0.15) is 0 Å². The minimum Gasteiger partial charge on any atom is -0.454 e. The van der Waals surface area contributed by atoms with E-state index >= 15 is 0 Å². The summed E-state index contributed by atoms with van der Waals surface area (Å²) in [5, 5.41) is 1.99. The van der Waals surface area contributed by atoms with Crippen LogP contribution in [0.25, 0.3) is 0 Å². The molecule has 1 aromatic carbocycles. The lowest BCUT2D eigenvalue weighted by Crippen LogP contribution is -2.51. The van der Waals surface area contributed by atoms with Crippen LogP contribution in [0.1, 0.15) is 22.8 Å². The highest BCUT2D eigenvalue weighted by molar-refractivity contribution is 7.10. The quantitative estimate of drug-likeness (QED) is 0.794. The van der Waals surface area contributed by atoms with Crippen LogP contribution in [-0.4, -0.2) is 54.6 Å². The van der Waals surface area contributed by atoms with Gasteiger partial charge in [-0.15, -0.1) is 11.3 Å². The molecule has 28 heavy (non-hydrogen) atoms. The number of benzene rings is 1. The number of thiophene rings is 1. The molecule has 3 heterocycles. The molecule has 7 heteroatoms. The van der Waals surface area contributed by atoms with Crippen molar-refractivity contribution in [3.05, 3.63) is 46.2 Å². The highest BCUT2D eigenvalue weighted by Gasteiger charge is 2.46. The SMILES string of the molecule is O=C(Cc1cccs1)N1CCN(C(=O)[C@H]2C[C@@H]2c2ccc3c(c2)OCO3)CC1. The highest BCUT2D eigenvalue weighted by atomic mass is 32.1. The van der Waals surface area contributed by atoms with Crippen molar-refractivity contribution in [1.82, 2.24) is 9.80 Å². The smallest absolute Gasteiger partial charge is 0.231 e. The van der Waals surface area contributed by atoms with Crippen LogP contribution in [0.3, 0.4) is 0 Å². The van der Waals surface area contributed by atoms with E-state index in [1.54, 1.807) is 11.3 Å². The van der Waals surface area contributed by atoms with Gasteiger partial charge < -0.3 is 19.3 Å². The molecule has 2 fully saturated rings. The van der Waals surface area contributed by atoms with Crippen molar-refractivity contribution >= 4 is 23.2 Å². The molecule has 2 amide bonds. The van der Waals surface area contributed by atoms with Crippen molar-refractivity contribution < 1.29 is 19.1 Å². The summed E-state index contributed by atoms with van der Waals surface area (Å²) in [6.45, 7) is 2.76. The first kappa shape index (κ1) is 17.6. The standard InChI is InChI=1S/C21H22N2O4S/c24-20(11-15-2-1-9-28-15)22-5-7-23(8-6-22)21(25)17-12-16(17)14-3-4-18-19(10-14)27-13-26-18/h1-4,9-10,16-17H,5-8,11-13H2/t16-,17+/m1/s1. The second-order valence-electron chi connectivity index (χ2n) is 7.52. The second-order valence-corrected chi connectivity index (χ2v) is 8.56. The average molecular weight is 398 g/mol. The summed E-state index contributed by atoms with van der Waals surface area (Å²) in [6, 6.07) is 9.92. The number of hydrogen-bond acceptors (Lipinski definition) is 5. The van der Waals surface area contributed by atoms with E-state index in [2.05, 4.69) is 0 Å². The number of ether oxygens (including phenoxy) is 2. The van der Waals surface area contributed by atoms with Gasteiger partial charge in [0.05, 0.1) is 6.42 Å². The van der Waals surface area contributed by atoms with Gasteiger partial charge in [-0.05, 0) is 41.5 Å². The Balaban J connectivity index is 1.14. The Morgan fingerprint density at radius 2 is 1.82 bits per heavy atom. The molecule has 146 valence electrons. The number of hydrogen-bond donors (Lipinski definition) is 0. The van der Waals surface area contributed by atoms with Crippen molar-refractivity contribution in [3.63, 3.8) is 0 Å². The van der Waals surface area contributed by atoms with Gasteiger partial charge in [-0.25, -0.2) is 0 Å². The maximum absolute atomic E-state index is 12.9. The van der Waals surface area contributed by atoms with Gasteiger partial charge in [-0.1, -0.05) is 12.1 Å². The average Bonchev–Trinajstić information content (AvgIpc) is 3.11. The molecule has 0 N–H and O–H groups in total. The van der Waals surface area contributed by atoms with Crippen molar-refractivity contribution in [2.45, 2.75) is 18.8 Å². The summed E-state index contributed by atoms with van der Waals surface area (Å²) in [6.07, 6.45) is 1.34. The zero-order valence-corrected chi connectivity index (χ0v) is 16.3. The summed E-state index contributed by atoms with van der Waals surface area (Å²) in [4.78, 5) is 30.2. The lowest BCUT2D eigenvalue weighted by Gasteiger charge is -2.35. The Labute approximate surface area is 167 Å². The number of piperazine rings is 1. The fourth-order valence-corrected chi connectivity index (χ4v) is 4.76. The topological polar surface area (TPSA) is 59.1 Å². The fraction of sp³-hybridized carbons (Fsp3) is 0.429. The number of rotatable bonds is 4. The summed E-state index contributed by atoms with van der Waals surface area (Å²) in [7, 11) is 0. The molecule has 0 radical (unpaired) electrons. The second kappa shape index (κ2) is 7.13. The molecule has 6 nitrogen and oxygen atoms in total. The maximum atomic E-state index is 12.9. The molecule has 3 aliphatic rings. The zero-order chi connectivity index (χ0) is 19.1. The summed E-state index contributed by atoms with van der Waals surface area (Å²) in [5.41, 5.74) is 1.15. The lowest BCUT2D eigenvalue weighted by molar-refractivity contribution is -0.140. The van der Waals surface area contributed by atoms with Crippen LogP contribution in [0, 0.1) is 5.92 Å². The van der Waals surface area contributed by atoms with Gasteiger partial charge >= 0.3 is 0 Å². The van der Waals surface area contributed by atoms with Gasteiger partial charge in [0.2, 0.25) is 18.6 Å². The first-order valence-electron chi connectivity index (χ1n) is 9.67. The monoisotopic (exact) mass is 398 g/mol. The first-order valence-corrected chi connectivity index (χ1v) is 10.6. The maximum Gasteiger partial charge on any atom is 0.231 e. The van der Waals surface area contributed by atoms with Crippen LogP contribution in [-0.2, 0) is 16.0 Å². The van der Waals surface area contributed by atoms with E-state index < -0.39 is 0 Å². The summed E-state index contributed by atoms with van der Waals surface area (Å²) < 4.78 is 10.8. The Hall–Kier alpha value is -2.54. The molecule has 5 rings (SSSR count). The van der Waals surface area contributed by atoms with Crippen molar-refractivity contribution in [2.75, 3.05) is 33.0 Å². The molecule has 0 bridgehead atoms. The van der Waals surface area contributed by atoms with Crippen molar-refractivity contribution in [3.8, 4) is 11.5 Å². The van der Waals surface area contributed by atoms with Crippen LogP contribution in [0.15, 0.2) is 35.7 Å². The molecular formula is C21H22N2O4S. The van der Waals surface area contributed by atoms with Crippen LogP contribution in [0.2, 0.25) is 0 Å². The zero-order valence-electron chi connectivity index (χ0n) is 15.5. The van der Waals surface area contributed by atoms with E-state index in [1.807, 2.05) is 45.5 Å². The van der Waals surface area contributed by atoms with E-state index in [9.17, 15) is 9.59 Å². The summed E-state index contributed by atoms with van der Waals surface area (Å²) >= 11 is 1.61. The Morgan fingerprint density at radius 3 is 2.61 bits per heavy atom. The van der Waals surface area contributed by atoms with Gasteiger partial charge in [0.15, 0.2) is 11.5 Å². The molecular weight excluding hydrogens is 376 g/mol. The molecule has 2 aromatic rings. The largest absolute Gasteiger partial charge is 0.454 e. The number of carbonyl (C=O) groups is 2. The Bertz CT molecular complexity index is 890. The van der Waals surface area contributed by atoms with E-state index in [0.717, 1.165) is 28.4 Å². The fourth-order valence-electron chi connectivity index (χ4n) is 4.06. The van der Waals surface area contributed by atoms with Gasteiger partial charge in [0, 0.05) is 37.0 Å². The normalized spacial score (nSPS) is 23.0. The molecule has 1 aliphatic carbocycles. The van der Waals surface area contributed by atoms with Crippen LogP contribution in [0.5, 0.6) is 11.5 Å². The Kier molecular flexibility index (Phi) is 4.47. The number of carbonyl (C=O) groups excluding carboxylic acids is 2. The highest BCUT2D eigenvalue weighted by Crippen LogP contribution is 2.50. The third-order valence-electron chi connectivity index (χ3n) is 5.78. The minimum absolute atomic E-state index is 0.0498.